The maximum absolute atomic E-state index is 5.50. The molecule has 4 heteroatoms. The van der Waals surface area contributed by atoms with Crippen molar-refractivity contribution >= 4 is 0 Å². The first-order chi connectivity index (χ1) is 7.83. The predicted molar refractivity (Wildman–Crippen MR) is 64.9 cm³/mol. The second-order valence-electron chi connectivity index (χ2n) is 4.34. The first kappa shape index (κ1) is 11.4. The summed E-state index contributed by atoms with van der Waals surface area (Å²) in [6.45, 7) is 7.19. The molecule has 1 aromatic rings. The third-order valence-electron chi connectivity index (χ3n) is 2.87. The molecule has 1 saturated carbocycles. The molecular weight excluding hydrogens is 200 g/mol. The fourth-order valence-electron chi connectivity index (χ4n) is 1.92. The SMILES string of the molecule is C=CCN(Cc1cn(CCN)cn1)C1CC1. The van der Waals surface area contributed by atoms with Crippen molar-refractivity contribution in [1.82, 2.24) is 14.5 Å². The molecule has 16 heavy (non-hydrogen) atoms. The molecule has 1 fully saturated rings. The van der Waals surface area contributed by atoms with E-state index in [9.17, 15) is 0 Å². The minimum Gasteiger partial charge on any atom is -0.336 e. The van der Waals surface area contributed by atoms with Gasteiger partial charge in [0.05, 0.1) is 12.0 Å². The Hall–Kier alpha value is -1.13. The number of hydrogen-bond acceptors (Lipinski definition) is 3. The third kappa shape index (κ3) is 2.93. The number of hydrogen-bond donors (Lipinski definition) is 1. The van der Waals surface area contributed by atoms with E-state index in [4.69, 9.17) is 5.73 Å². The lowest BCUT2D eigenvalue weighted by Crippen LogP contribution is -2.25. The molecular formula is C12H20N4. The summed E-state index contributed by atoms with van der Waals surface area (Å²) >= 11 is 0. The van der Waals surface area contributed by atoms with Crippen LogP contribution in [0.15, 0.2) is 25.2 Å². The highest BCUT2D eigenvalue weighted by Gasteiger charge is 2.28. The lowest BCUT2D eigenvalue weighted by molar-refractivity contribution is 0.280. The van der Waals surface area contributed by atoms with Crippen molar-refractivity contribution in [1.29, 1.82) is 0 Å². The van der Waals surface area contributed by atoms with E-state index in [1.807, 2.05) is 17.0 Å². The molecule has 0 saturated heterocycles. The molecule has 0 atom stereocenters. The van der Waals surface area contributed by atoms with Crippen LogP contribution in [0.3, 0.4) is 0 Å². The molecule has 0 aromatic carbocycles. The number of nitrogens with zero attached hydrogens (tertiary/aromatic N) is 3. The normalized spacial score (nSPS) is 15.6. The molecule has 2 N–H and O–H groups in total. The average molecular weight is 220 g/mol. The second-order valence-corrected chi connectivity index (χ2v) is 4.34. The van der Waals surface area contributed by atoms with Crippen LogP contribution in [0.4, 0.5) is 0 Å². The van der Waals surface area contributed by atoms with E-state index in [-0.39, 0.29) is 0 Å². The van der Waals surface area contributed by atoms with Crippen LogP contribution in [0.2, 0.25) is 0 Å². The molecule has 0 spiro atoms. The highest BCUT2D eigenvalue weighted by Crippen LogP contribution is 2.27. The van der Waals surface area contributed by atoms with Crippen molar-refractivity contribution < 1.29 is 0 Å². The molecule has 0 unspecified atom stereocenters. The van der Waals surface area contributed by atoms with Crippen molar-refractivity contribution in [3.8, 4) is 0 Å². The highest BCUT2D eigenvalue weighted by molar-refractivity contribution is 5.00. The van der Waals surface area contributed by atoms with Crippen LogP contribution in [0.25, 0.3) is 0 Å². The van der Waals surface area contributed by atoms with Gasteiger partial charge in [0.1, 0.15) is 0 Å². The Morgan fingerprint density at radius 2 is 2.44 bits per heavy atom. The van der Waals surface area contributed by atoms with E-state index in [2.05, 4.69) is 22.7 Å². The van der Waals surface area contributed by atoms with Crippen molar-refractivity contribution in [3.05, 3.63) is 30.9 Å². The molecule has 0 amide bonds. The van der Waals surface area contributed by atoms with Crippen LogP contribution in [0.1, 0.15) is 18.5 Å². The zero-order valence-electron chi connectivity index (χ0n) is 9.68. The smallest absolute Gasteiger partial charge is 0.0950 e. The molecule has 2 rings (SSSR count). The van der Waals surface area contributed by atoms with E-state index in [0.29, 0.717) is 6.54 Å². The van der Waals surface area contributed by atoms with Crippen molar-refractivity contribution in [3.63, 3.8) is 0 Å². The zero-order valence-corrected chi connectivity index (χ0v) is 9.68. The monoisotopic (exact) mass is 220 g/mol. The summed E-state index contributed by atoms with van der Waals surface area (Å²) in [6.07, 6.45) is 8.55. The standard InChI is InChI=1S/C12H20N4/c1-2-6-16(12-3-4-12)9-11-8-15(7-5-13)10-14-11/h2,8,10,12H,1,3-7,9,13H2. The van der Waals surface area contributed by atoms with Gasteiger partial charge in [-0.1, -0.05) is 6.08 Å². The van der Waals surface area contributed by atoms with Crippen LogP contribution in [0, 0.1) is 0 Å². The maximum atomic E-state index is 5.50. The molecule has 1 aromatic heterocycles. The van der Waals surface area contributed by atoms with Gasteiger partial charge in [0, 0.05) is 38.4 Å². The summed E-state index contributed by atoms with van der Waals surface area (Å²) in [5.74, 6) is 0. The highest BCUT2D eigenvalue weighted by atomic mass is 15.2. The molecule has 88 valence electrons. The van der Waals surface area contributed by atoms with Gasteiger partial charge >= 0.3 is 0 Å². The molecule has 1 heterocycles. The first-order valence-electron chi connectivity index (χ1n) is 5.89. The fraction of sp³-hybridized carbons (Fsp3) is 0.583. The Morgan fingerprint density at radius 1 is 1.62 bits per heavy atom. The van der Waals surface area contributed by atoms with Crippen molar-refractivity contribution in [2.45, 2.75) is 32.0 Å². The Labute approximate surface area is 96.8 Å². The summed E-state index contributed by atoms with van der Waals surface area (Å²) in [4.78, 5) is 6.83. The summed E-state index contributed by atoms with van der Waals surface area (Å²) in [5, 5.41) is 0. The van der Waals surface area contributed by atoms with E-state index in [0.717, 1.165) is 31.4 Å². The number of aromatic nitrogens is 2. The van der Waals surface area contributed by atoms with E-state index in [1.165, 1.54) is 12.8 Å². The number of nitrogens with two attached hydrogens (primary N) is 1. The van der Waals surface area contributed by atoms with E-state index in [1.54, 1.807) is 0 Å². The van der Waals surface area contributed by atoms with Crippen LogP contribution < -0.4 is 5.73 Å². The minimum absolute atomic E-state index is 0.662. The molecule has 0 bridgehead atoms. The number of rotatable bonds is 7. The van der Waals surface area contributed by atoms with Gasteiger partial charge in [0.2, 0.25) is 0 Å². The molecule has 0 radical (unpaired) electrons. The van der Waals surface area contributed by atoms with Gasteiger partial charge in [-0.05, 0) is 12.8 Å². The van der Waals surface area contributed by atoms with Gasteiger partial charge in [0.15, 0.2) is 0 Å². The average Bonchev–Trinajstić information content (AvgIpc) is 3.02. The summed E-state index contributed by atoms with van der Waals surface area (Å²) < 4.78 is 2.05. The molecule has 1 aliphatic carbocycles. The van der Waals surface area contributed by atoms with Crippen LogP contribution >= 0.6 is 0 Å². The van der Waals surface area contributed by atoms with Crippen LogP contribution in [-0.4, -0.2) is 33.6 Å². The Bertz CT molecular complexity index is 341. The maximum Gasteiger partial charge on any atom is 0.0950 e. The van der Waals surface area contributed by atoms with Gasteiger partial charge in [-0.25, -0.2) is 4.98 Å². The van der Waals surface area contributed by atoms with Crippen molar-refractivity contribution in [2.75, 3.05) is 13.1 Å². The topological polar surface area (TPSA) is 47.1 Å². The minimum atomic E-state index is 0.662. The van der Waals surface area contributed by atoms with Gasteiger partial charge in [-0.2, -0.15) is 0 Å². The summed E-state index contributed by atoms with van der Waals surface area (Å²) in [5.41, 5.74) is 6.63. The predicted octanol–water partition coefficient (Wildman–Crippen LogP) is 0.992. The van der Waals surface area contributed by atoms with Gasteiger partial charge in [0.25, 0.3) is 0 Å². The largest absolute Gasteiger partial charge is 0.336 e. The van der Waals surface area contributed by atoms with E-state index >= 15 is 0 Å². The van der Waals surface area contributed by atoms with E-state index < -0.39 is 0 Å². The Kier molecular flexibility index (Phi) is 3.74. The van der Waals surface area contributed by atoms with Gasteiger partial charge < -0.3 is 10.3 Å². The zero-order chi connectivity index (χ0) is 11.4. The Balaban J connectivity index is 1.92. The molecule has 4 nitrogen and oxygen atoms in total. The lowest BCUT2D eigenvalue weighted by Gasteiger charge is -2.18. The Morgan fingerprint density at radius 3 is 3.06 bits per heavy atom. The fourth-order valence-corrected chi connectivity index (χ4v) is 1.92. The van der Waals surface area contributed by atoms with Crippen LogP contribution in [-0.2, 0) is 13.1 Å². The number of imidazole rings is 1. The van der Waals surface area contributed by atoms with Gasteiger partial charge in [-0.15, -0.1) is 6.58 Å². The quantitative estimate of drug-likeness (QED) is 0.697. The summed E-state index contributed by atoms with van der Waals surface area (Å²) in [7, 11) is 0. The third-order valence-corrected chi connectivity index (χ3v) is 2.87. The first-order valence-corrected chi connectivity index (χ1v) is 5.89. The molecule has 1 aliphatic rings. The second kappa shape index (κ2) is 5.27. The van der Waals surface area contributed by atoms with Crippen molar-refractivity contribution in [2.24, 2.45) is 5.73 Å². The van der Waals surface area contributed by atoms with Gasteiger partial charge in [-0.3, -0.25) is 4.90 Å². The lowest BCUT2D eigenvalue weighted by atomic mass is 10.3. The molecule has 0 aliphatic heterocycles. The van der Waals surface area contributed by atoms with Crippen LogP contribution in [0.5, 0.6) is 0 Å². The summed E-state index contributed by atoms with van der Waals surface area (Å²) in [6, 6.07) is 0.748.